The number of aliphatic carboxylic acids is 1. The number of hydrogen-bond acceptors (Lipinski definition) is 5. The van der Waals surface area contributed by atoms with Crippen molar-refractivity contribution in [1.29, 1.82) is 5.26 Å². The lowest BCUT2D eigenvalue weighted by Gasteiger charge is -2.20. The molecule has 1 aromatic heterocycles. The van der Waals surface area contributed by atoms with Gasteiger partial charge in [-0.3, -0.25) is 0 Å². The molecular weight excluding hydrogens is 296 g/mol. The predicted octanol–water partition coefficient (Wildman–Crippen LogP) is 2.63. The SMILES string of the molecule is CCN(CC)c1ccc2cc(/C=C(/C#N)C(=O)O)c(=O)oc2c1. The molecule has 6 heteroatoms. The molecule has 0 saturated carbocycles. The molecule has 23 heavy (non-hydrogen) atoms. The fourth-order valence-electron chi connectivity index (χ4n) is 2.30. The summed E-state index contributed by atoms with van der Waals surface area (Å²) < 4.78 is 5.27. The Hall–Kier alpha value is -3.07. The third-order valence-electron chi connectivity index (χ3n) is 3.53. The van der Waals surface area contributed by atoms with Gasteiger partial charge in [-0.05, 0) is 38.1 Å². The van der Waals surface area contributed by atoms with E-state index in [1.165, 1.54) is 12.1 Å². The lowest BCUT2D eigenvalue weighted by molar-refractivity contribution is -0.132. The van der Waals surface area contributed by atoms with Gasteiger partial charge >= 0.3 is 11.6 Å². The number of fused-ring (bicyclic) bond motifs is 1. The van der Waals surface area contributed by atoms with Gasteiger partial charge in [0.15, 0.2) is 0 Å². The van der Waals surface area contributed by atoms with Crippen LogP contribution in [0.2, 0.25) is 0 Å². The molecule has 0 unspecified atom stereocenters. The normalized spacial score (nSPS) is 11.3. The largest absolute Gasteiger partial charge is 0.477 e. The summed E-state index contributed by atoms with van der Waals surface area (Å²) in [5, 5.41) is 18.3. The highest BCUT2D eigenvalue weighted by molar-refractivity contribution is 5.97. The lowest BCUT2D eigenvalue weighted by Crippen LogP contribution is -2.21. The topological polar surface area (TPSA) is 94.5 Å². The van der Waals surface area contributed by atoms with Crippen molar-refractivity contribution in [2.24, 2.45) is 0 Å². The summed E-state index contributed by atoms with van der Waals surface area (Å²) in [7, 11) is 0. The molecule has 6 nitrogen and oxygen atoms in total. The molecule has 0 aliphatic rings. The van der Waals surface area contributed by atoms with Crippen molar-refractivity contribution >= 4 is 28.7 Å². The van der Waals surface area contributed by atoms with E-state index in [9.17, 15) is 9.59 Å². The average Bonchev–Trinajstić information content (AvgIpc) is 2.53. The molecule has 0 aliphatic carbocycles. The third kappa shape index (κ3) is 3.40. The van der Waals surface area contributed by atoms with Gasteiger partial charge in [-0.25, -0.2) is 9.59 Å². The second kappa shape index (κ2) is 6.79. The summed E-state index contributed by atoms with van der Waals surface area (Å²) in [6.07, 6.45) is 1.02. The van der Waals surface area contributed by atoms with E-state index in [1.807, 2.05) is 19.9 Å². The molecule has 0 radical (unpaired) electrons. The Bertz CT molecular complexity index is 870. The Morgan fingerprint density at radius 1 is 1.35 bits per heavy atom. The Morgan fingerprint density at radius 3 is 2.61 bits per heavy atom. The maximum atomic E-state index is 12.0. The van der Waals surface area contributed by atoms with Crippen molar-refractivity contribution in [1.82, 2.24) is 0 Å². The fourth-order valence-corrected chi connectivity index (χ4v) is 2.30. The minimum atomic E-state index is -1.39. The standard InChI is InChI=1S/C17H16N2O4/c1-3-19(4-2)14-6-5-11-7-12(8-13(10-18)16(20)21)17(22)23-15(11)9-14/h5-9H,3-4H2,1-2H3,(H,20,21)/b13-8-. The van der Waals surface area contributed by atoms with E-state index < -0.39 is 17.2 Å². The summed E-state index contributed by atoms with van der Waals surface area (Å²) in [4.78, 5) is 25.0. The molecule has 118 valence electrons. The molecule has 0 spiro atoms. The summed E-state index contributed by atoms with van der Waals surface area (Å²) in [5.74, 6) is -1.39. The molecule has 1 heterocycles. The number of carbonyl (C=O) groups is 1. The third-order valence-corrected chi connectivity index (χ3v) is 3.53. The molecule has 0 saturated heterocycles. The van der Waals surface area contributed by atoms with Crippen LogP contribution in [0.4, 0.5) is 5.69 Å². The molecule has 0 bridgehead atoms. The monoisotopic (exact) mass is 312 g/mol. The van der Waals surface area contributed by atoms with Gasteiger partial charge in [0.1, 0.15) is 17.2 Å². The summed E-state index contributed by atoms with van der Waals surface area (Å²) in [6.45, 7) is 5.73. The Morgan fingerprint density at radius 2 is 2.04 bits per heavy atom. The van der Waals surface area contributed by atoms with Crippen LogP contribution >= 0.6 is 0 Å². The van der Waals surface area contributed by atoms with Crippen molar-refractivity contribution in [2.45, 2.75) is 13.8 Å². The number of anilines is 1. The van der Waals surface area contributed by atoms with Crippen LogP contribution in [0.1, 0.15) is 19.4 Å². The molecule has 1 N–H and O–H groups in total. The minimum absolute atomic E-state index is 0.0343. The molecular formula is C17H16N2O4. The van der Waals surface area contributed by atoms with Crippen molar-refractivity contribution in [3.63, 3.8) is 0 Å². The first kappa shape index (κ1) is 16.3. The molecule has 0 atom stereocenters. The zero-order valence-corrected chi connectivity index (χ0v) is 12.9. The smallest absolute Gasteiger partial charge is 0.346 e. The van der Waals surface area contributed by atoms with Gasteiger partial charge in [0, 0.05) is 30.2 Å². The number of benzene rings is 1. The lowest BCUT2D eigenvalue weighted by atomic mass is 10.1. The van der Waals surface area contributed by atoms with Gasteiger partial charge in [0.05, 0.1) is 5.56 Å². The average molecular weight is 312 g/mol. The highest BCUT2D eigenvalue weighted by Gasteiger charge is 2.11. The molecule has 1 aromatic carbocycles. The fraction of sp³-hybridized carbons (Fsp3) is 0.235. The van der Waals surface area contributed by atoms with E-state index in [2.05, 4.69) is 4.90 Å². The minimum Gasteiger partial charge on any atom is -0.477 e. The van der Waals surface area contributed by atoms with Gasteiger partial charge < -0.3 is 14.4 Å². The number of carboxylic acids is 1. The van der Waals surface area contributed by atoms with Crippen molar-refractivity contribution in [2.75, 3.05) is 18.0 Å². The zero-order valence-electron chi connectivity index (χ0n) is 12.9. The molecule has 0 amide bonds. The first-order valence-electron chi connectivity index (χ1n) is 7.18. The van der Waals surface area contributed by atoms with Gasteiger partial charge in [-0.15, -0.1) is 0 Å². The summed E-state index contributed by atoms with van der Waals surface area (Å²) in [6, 6.07) is 8.55. The first-order chi connectivity index (χ1) is 11.0. The Labute approximate surface area is 132 Å². The zero-order chi connectivity index (χ0) is 17.0. The predicted molar refractivity (Wildman–Crippen MR) is 87.3 cm³/mol. The molecule has 0 aliphatic heterocycles. The summed E-state index contributed by atoms with van der Waals surface area (Å²) in [5.41, 5.74) is 0.203. The van der Waals surface area contributed by atoms with E-state index in [4.69, 9.17) is 14.8 Å². The van der Waals surface area contributed by atoms with E-state index in [0.29, 0.717) is 11.0 Å². The van der Waals surface area contributed by atoms with Crippen LogP contribution in [0.15, 0.2) is 39.1 Å². The van der Waals surface area contributed by atoms with Gasteiger partial charge in [0.2, 0.25) is 0 Å². The highest BCUT2D eigenvalue weighted by atomic mass is 16.4. The number of hydrogen-bond donors (Lipinski definition) is 1. The Balaban J connectivity index is 2.56. The summed E-state index contributed by atoms with van der Waals surface area (Å²) >= 11 is 0. The second-order valence-corrected chi connectivity index (χ2v) is 4.86. The number of carboxylic acid groups (broad SMARTS) is 1. The number of nitriles is 1. The molecule has 2 rings (SSSR count). The molecule has 2 aromatic rings. The quantitative estimate of drug-likeness (QED) is 0.518. The van der Waals surface area contributed by atoms with Crippen LogP contribution in [-0.4, -0.2) is 24.2 Å². The van der Waals surface area contributed by atoms with Gasteiger partial charge in [-0.2, -0.15) is 5.26 Å². The van der Waals surface area contributed by atoms with E-state index in [0.717, 1.165) is 24.9 Å². The maximum Gasteiger partial charge on any atom is 0.346 e. The van der Waals surface area contributed by atoms with Crippen LogP contribution in [-0.2, 0) is 4.79 Å². The van der Waals surface area contributed by atoms with Crippen LogP contribution in [0, 0.1) is 11.3 Å². The van der Waals surface area contributed by atoms with Crippen LogP contribution in [0.5, 0.6) is 0 Å². The van der Waals surface area contributed by atoms with Crippen molar-refractivity contribution < 1.29 is 14.3 Å². The van der Waals surface area contributed by atoms with Crippen LogP contribution < -0.4 is 10.5 Å². The van der Waals surface area contributed by atoms with Crippen molar-refractivity contribution in [3.8, 4) is 6.07 Å². The number of nitrogens with zero attached hydrogens (tertiary/aromatic N) is 2. The van der Waals surface area contributed by atoms with Gasteiger partial charge in [0.25, 0.3) is 0 Å². The first-order valence-corrected chi connectivity index (χ1v) is 7.18. The molecule has 0 fully saturated rings. The van der Waals surface area contributed by atoms with E-state index in [1.54, 1.807) is 12.1 Å². The van der Waals surface area contributed by atoms with E-state index in [-0.39, 0.29) is 5.56 Å². The Kier molecular flexibility index (Phi) is 4.82. The van der Waals surface area contributed by atoms with Crippen LogP contribution in [0.3, 0.4) is 0 Å². The highest BCUT2D eigenvalue weighted by Crippen LogP contribution is 2.22. The van der Waals surface area contributed by atoms with Gasteiger partial charge in [-0.1, -0.05) is 0 Å². The van der Waals surface area contributed by atoms with Crippen LogP contribution in [0.25, 0.3) is 17.0 Å². The van der Waals surface area contributed by atoms with Crippen molar-refractivity contribution in [3.05, 3.63) is 45.8 Å². The van der Waals surface area contributed by atoms with E-state index >= 15 is 0 Å². The maximum absolute atomic E-state index is 12.0. The second-order valence-electron chi connectivity index (χ2n) is 4.86. The number of rotatable bonds is 5.